The van der Waals surface area contributed by atoms with Crippen LogP contribution in [-0.4, -0.2) is 19.2 Å². The highest BCUT2D eigenvalue weighted by molar-refractivity contribution is 5.90. The fraction of sp³-hybridized carbons (Fsp3) is 0.250. The van der Waals surface area contributed by atoms with Crippen LogP contribution in [0.1, 0.15) is 25.0 Å². The van der Waals surface area contributed by atoms with Gasteiger partial charge in [-0.15, -0.1) is 0 Å². The molecule has 0 saturated carbocycles. The van der Waals surface area contributed by atoms with Crippen molar-refractivity contribution in [1.29, 1.82) is 0 Å². The Hall–Kier alpha value is -2.95. The van der Waals surface area contributed by atoms with Crippen LogP contribution < -0.4 is 20.1 Å². The zero-order valence-corrected chi connectivity index (χ0v) is 14.8. The highest BCUT2D eigenvalue weighted by atomic mass is 16.5. The summed E-state index contributed by atoms with van der Waals surface area (Å²) >= 11 is 0. The van der Waals surface area contributed by atoms with Crippen molar-refractivity contribution in [3.8, 4) is 11.5 Å². The predicted molar refractivity (Wildman–Crippen MR) is 101 cm³/mol. The summed E-state index contributed by atoms with van der Waals surface area (Å²) in [6.07, 6.45) is 3.46. The van der Waals surface area contributed by atoms with E-state index in [1.54, 1.807) is 24.4 Å². The van der Waals surface area contributed by atoms with E-state index in [1.165, 1.54) is 5.56 Å². The van der Waals surface area contributed by atoms with Gasteiger partial charge in [-0.05, 0) is 44.5 Å². The molecule has 0 fully saturated rings. The number of amides is 2. The first kappa shape index (κ1) is 18.4. The third-order valence-corrected chi connectivity index (χ3v) is 3.33. The van der Waals surface area contributed by atoms with E-state index in [9.17, 15) is 4.79 Å². The minimum Gasteiger partial charge on any atom is -0.490 e. The van der Waals surface area contributed by atoms with Gasteiger partial charge in [0.05, 0.1) is 13.2 Å². The van der Waals surface area contributed by atoms with Crippen molar-refractivity contribution in [3.63, 3.8) is 0 Å². The Morgan fingerprint density at radius 3 is 2.52 bits per heavy atom. The van der Waals surface area contributed by atoms with E-state index in [0.29, 0.717) is 30.4 Å². The second-order valence-corrected chi connectivity index (χ2v) is 5.37. The maximum absolute atomic E-state index is 12.0. The first-order chi connectivity index (χ1) is 12.1. The number of rotatable bonds is 7. The van der Waals surface area contributed by atoms with Gasteiger partial charge >= 0.3 is 6.03 Å². The van der Waals surface area contributed by atoms with Crippen molar-refractivity contribution in [2.75, 3.05) is 18.5 Å². The minimum absolute atomic E-state index is 0.324. The lowest BCUT2D eigenvalue weighted by molar-refractivity contribution is 0.255. The molecule has 5 nitrogen and oxygen atoms in total. The normalized spacial score (nSPS) is 10.5. The second-order valence-electron chi connectivity index (χ2n) is 5.37. The van der Waals surface area contributed by atoms with E-state index in [1.807, 2.05) is 51.1 Å². The van der Waals surface area contributed by atoms with Crippen LogP contribution in [0, 0.1) is 6.92 Å². The van der Waals surface area contributed by atoms with Crippen LogP contribution in [0.5, 0.6) is 11.5 Å². The molecular weight excluding hydrogens is 316 g/mol. The number of benzene rings is 2. The molecule has 0 aliphatic rings. The van der Waals surface area contributed by atoms with E-state index in [2.05, 4.69) is 10.6 Å². The third-order valence-electron chi connectivity index (χ3n) is 3.33. The molecule has 2 rings (SSSR count). The highest BCUT2D eigenvalue weighted by Crippen LogP contribution is 2.30. The van der Waals surface area contributed by atoms with Gasteiger partial charge < -0.3 is 20.1 Å². The maximum atomic E-state index is 12.0. The van der Waals surface area contributed by atoms with Gasteiger partial charge in [0.1, 0.15) is 0 Å². The van der Waals surface area contributed by atoms with Gasteiger partial charge in [-0.1, -0.05) is 29.8 Å². The van der Waals surface area contributed by atoms with Crippen LogP contribution in [0.25, 0.3) is 6.08 Å². The minimum atomic E-state index is -0.324. The summed E-state index contributed by atoms with van der Waals surface area (Å²) in [4.78, 5) is 12.0. The Bertz CT molecular complexity index is 741. The highest BCUT2D eigenvalue weighted by Gasteiger charge is 2.07. The predicted octanol–water partition coefficient (Wildman–Crippen LogP) is 4.58. The fourth-order valence-corrected chi connectivity index (χ4v) is 2.28. The lowest BCUT2D eigenvalue weighted by Crippen LogP contribution is -2.23. The van der Waals surface area contributed by atoms with Gasteiger partial charge in [-0.25, -0.2) is 4.79 Å². The maximum Gasteiger partial charge on any atom is 0.323 e. The quantitative estimate of drug-likeness (QED) is 0.775. The molecule has 0 spiro atoms. The number of ether oxygens (including phenoxy) is 2. The zero-order chi connectivity index (χ0) is 18.1. The average Bonchev–Trinajstić information content (AvgIpc) is 2.58. The van der Waals surface area contributed by atoms with Crippen molar-refractivity contribution < 1.29 is 14.3 Å². The van der Waals surface area contributed by atoms with Gasteiger partial charge in [0, 0.05) is 18.0 Å². The first-order valence-corrected chi connectivity index (χ1v) is 8.32. The molecule has 0 aliphatic carbocycles. The smallest absolute Gasteiger partial charge is 0.323 e. The lowest BCUT2D eigenvalue weighted by Gasteiger charge is -2.12. The number of anilines is 1. The number of urea groups is 1. The number of carbonyl (C=O) groups excluding carboxylic acids is 1. The van der Waals surface area contributed by atoms with Crippen molar-refractivity contribution in [2.24, 2.45) is 0 Å². The molecule has 0 bridgehead atoms. The van der Waals surface area contributed by atoms with E-state index in [-0.39, 0.29) is 6.03 Å². The van der Waals surface area contributed by atoms with E-state index in [0.717, 1.165) is 5.56 Å². The Kier molecular flexibility index (Phi) is 6.89. The van der Waals surface area contributed by atoms with Crippen LogP contribution in [-0.2, 0) is 0 Å². The number of carbonyl (C=O) groups is 1. The average molecular weight is 340 g/mol. The summed E-state index contributed by atoms with van der Waals surface area (Å²) in [7, 11) is 0. The summed E-state index contributed by atoms with van der Waals surface area (Å²) in [5, 5.41) is 5.46. The number of nitrogens with one attached hydrogen (secondary N) is 2. The van der Waals surface area contributed by atoms with Gasteiger partial charge in [0.15, 0.2) is 11.5 Å². The molecule has 0 unspecified atom stereocenters. The molecule has 0 heterocycles. The fourth-order valence-electron chi connectivity index (χ4n) is 2.28. The molecule has 2 amide bonds. The number of aryl methyl sites for hydroxylation is 1. The second kappa shape index (κ2) is 9.37. The Morgan fingerprint density at radius 2 is 1.80 bits per heavy atom. The molecule has 5 heteroatoms. The molecule has 0 aromatic heterocycles. The van der Waals surface area contributed by atoms with Crippen LogP contribution in [0.15, 0.2) is 48.7 Å². The molecule has 0 aliphatic heterocycles. The van der Waals surface area contributed by atoms with Crippen LogP contribution in [0.4, 0.5) is 10.5 Å². The van der Waals surface area contributed by atoms with Gasteiger partial charge in [-0.3, -0.25) is 0 Å². The monoisotopic (exact) mass is 340 g/mol. The largest absolute Gasteiger partial charge is 0.490 e. The molecule has 2 aromatic carbocycles. The van der Waals surface area contributed by atoms with Crippen molar-refractivity contribution >= 4 is 17.8 Å². The van der Waals surface area contributed by atoms with Crippen LogP contribution in [0.2, 0.25) is 0 Å². The van der Waals surface area contributed by atoms with Crippen LogP contribution >= 0.6 is 0 Å². The summed E-state index contributed by atoms with van der Waals surface area (Å²) in [6, 6.07) is 13.0. The number of hydrogen-bond donors (Lipinski definition) is 2. The summed E-state index contributed by atoms with van der Waals surface area (Å²) < 4.78 is 11.1. The Morgan fingerprint density at radius 1 is 1.04 bits per heavy atom. The molecule has 0 atom stereocenters. The summed E-state index contributed by atoms with van der Waals surface area (Å²) in [5.41, 5.74) is 2.83. The standard InChI is InChI=1S/C20H24N2O3/c1-4-24-18-10-9-17(14-19(18)25-5-2)22-20(23)21-12-11-16-8-6-7-15(3)13-16/h6-14H,4-5H2,1-3H3,(H2,21,22,23)/b12-11+. The molecule has 0 radical (unpaired) electrons. The third kappa shape index (κ3) is 5.88. The van der Waals surface area contributed by atoms with E-state index < -0.39 is 0 Å². The molecule has 25 heavy (non-hydrogen) atoms. The van der Waals surface area contributed by atoms with Gasteiger partial charge in [0.2, 0.25) is 0 Å². The van der Waals surface area contributed by atoms with Crippen LogP contribution in [0.3, 0.4) is 0 Å². The van der Waals surface area contributed by atoms with Crippen molar-refractivity contribution in [1.82, 2.24) is 5.32 Å². The molecule has 2 N–H and O–H groups in total. The topological polar surface area (TPSA) is 59.6 Å². The van der Waals surface area contributed by atoms with E-state index >= 15 is 0 Å². The van der Waals surface area contributed by atoms with Crippen molar-refractivity contribution in [3.05, 3.63) is 59.8 Å². The molecular formula is C20H24N2O3. The first-order valence-electron chi connectivity index (χ1n) is 8.32. The lowest BCUT2D eigenvalue weighted by atomic mass is 10.1. The van der Waals surface area contributed by atoms with Gasteiger partial charge in [-0.2, -0.15) is 0 Å². The molecule has 132 valence electrons. The molecule has 2 aromatic rings. The van der Waals surface area contributed by atoms with Crippen molar-refractivity contribution in [2.45, 2.75) is 20.8 Å². The summed E-state index contributed by atoms with van der Waals surface area (Å²) in [5.74, 6) is 1.27. The zero-order valence-electron chi connectivity index (χ0n) is 14.8. The van der Waals surface area contributed by atoms with Gasteiger partial charge in [0.25, 0.3) is 0 Å². The van der Waals surface area contributed by atoms with E-state index in [4.69, 9.17) is 9.47 Å². The Balaban J connectivity index is 1.96. The molecule has 0 saturated heterocycles. The number of hydrogen-bond acceptors (Lipinski definition) is 3. The summed E-state index contributed by atoms with van der Waals surface area (Å²) in [6.45, 7) is 6.92. The SMILES string of the molecule is CCOc1ccc(NC(=O)N/C=C/c2cccc(C)c2)cc1OCC. The Labute approximate surface area is 148 Å².